The van der Waals surface area contributed by atoms with Crippen molar-refractivity contribution in [2.45, 2.75) is 12.8 Å². The number of hydrogen-bond donors (Lipinski definition) is 2. The standard InChI is InChI=1S/C17H19N3O5/c1-24-14-9-11(8-12-16(22)19-17(23)18-12)4-5-13(14)25-10-15(21)20-6-2-3-7-20/h4-5,8-9H,2-3,6-7,10H2,1H3,(H2,18,19,22,23). The molecule has 0 aliphatic carbocycles. The summed E-state index contributed by atoms with van der Waals surface area (Å²) in [5, 5.41) is 4.55. The molecule has 1 aromatic carbocycles. The van der Waals surface area contributed by atoms with Gasteiger partial charge in [0.2, 0.25) is 0 Å². The minimum atomic E-state index is -0.552. The van der Waals surface area contributed by atoms with Crippen LogP contribution in [0.3, 0.4) is 0 Å². The van der Waals surface area contributed by atoms with Crippen molar-refractivity contribution in [3.8, 4) is 11.5 Å². The normalized spacial score (nSPS) is 18.3. The number of carbonyl (C=O) groups excluding carboxylic acids is 3. The fourth-order valence-electron chi connectivity index (χ4n) is 2.74. The fraction of sp³-hybridized carbons (Fsp3) is 0.353. The van der Waals surface area contributed by atoms with Gasteiger partial charge in [0.25, 0.3) is 11.8 Å². The minimum Gasteiger partial charge on any atom is -0.493 e. The zero-order valence-corrected chi connectivity index (χ0v) is 13.8. The Morgan fingerprint density at radius 2 is 1.96 bits per heavy atom. The molecule has 0 aromatic heterocycles. The van der Waals surface area contributed by atoms with Gasteiger partial charge in [0, 0.05) is 13.1 Å². The summed E-state index contributed by atoms with van der Waals surface area (Å²) in [6, 6.07) is 4.49. The van der Waals surface area contributed by atoms with Crippen molar-refractivity contribution in [3.63, 3.8) is 0 Å². The molecule has 2 heterocycles. The third kappa shape index (κ3) is 3.90. The molecule has 4 amide bonds. The van der Waals surface area contributed by atoms with Gasteiger partial charge in [0.1, 0.15) is 5.70 Å². The van der Waals surface area contributed by atoms with Crippen molar-refractivity contribution in [2.24, 2.45) is 0 Å². The van der Waals surface area contributed by atoms with Crippen LogP contribution in [-0.4, -0.2) is 49.6 Å². The molecular weight excluding hydrogens is 326 g/mol. The number of carbonyl (C=O) groups is 3. The maximum absolute atomic E-state index is 12.0. The number of imide groups is 1. The molecule has 2 aliphatic rings. The van der Waals surface area contributed by atoms with Crippen LogP contribution in [0.1, 0.15) is 18.4 Å². The molecule has 0 radical (unpaired) electrons. The van der Waals surface area contributed by atoms with Gasteiger partial charge in [-0.25, -0.2) is 4.79 Å². The highest BCUT2D eigenvalue weighted by Crippen LogP contribution is 2.29. The first-order chi connectivity index (χ1) is 12.1. The van der Waals surface area contributed by atoms with E-state index in [1.54, 1.807) is 23.1 Å². The van der Waals surface area contributed by atoms with Crippen molar-refractivity contribution in [1.29, 1.82) is 0 Å². The van der Waals surface area contributed by atoms with Gasteiger partial charge in [0.15, 0.2) is 18.1 Å². The maximum Gasteiger partial charge on any atom is 0.326 e. The molecule has 132 valence electrons. The summed E-state index contributed by atoms with van der Waals surface area (Å²) in [4.78, 5) is 36.5. The summed E-state index contributed by atoms with van der Waals surface area (Å²) < 4.78 is 10.9. The molecule has 0 spiro atoms. The zero-order chi connectivity index (χ0) is 17.8. The van der Waals surface area contributed by atoms with Crippen molar-refractivity contribution in [3.05, 3.63) is 29.5 Å². The van der Waals surface area contributed by atoms with Crippen LogP contribution in [0.25, 0.3) is 6.08 Å². The second-order valence-corrected chi connectivity index (χ2v) is 5.75. The Morgan fingerprint density at radius 1 is 1.20 bits per heavy atom. The van der Waals surface area contributed by atoms with E-state index in [0.717, 1.165) is 25.9 Å². The zero-order valence-electron chi connectivity index (χ0n) is 13.8. The van der Waals surface area contributed by atoms with E-state index >= 15 is 0 Å². The van der Waals surface area contributed by atoms with Crippen LogP contribution < -0.4 is 20.1 Å². The molecule has 2 fully saturated rings. The molecule has 25 heavy (non-hydrogen) atoms. The molecule has 0 atom stereocenters. The van der Waals surface area contributed by atoms with Gasteiger partial charge in [-0.15, -0.1) is 0 Å². The summed E-state index contributed by atoms with van der Waals surface area (Å²) in [6.07, 6.45) is 3.59. The molecule has 2 N–H and O–H groups in total. The second-order valence-electron chi connectivity index (χ2n) is 5.75. The fourth-order valence-corrected chi connectivity index (χ4v) is 2.74. The Hall–Kier alpha value is -3.03. The second kappa shape index (κ2) is 7.25. The van der Waals surface area contributed by atoms with Gasteiger partial charge >= 0.3 is 6.03 Å². The van der Waals surface area contributed by atoms with Crippen LogP contribution in [0.5, 0.6) is 11.5 Å². The van der Waals surface area contributed by atoms with Crippen LogP contribution >= 0.6 is 0 Å². The van der Waals surface area contributed by atoms with E-state index in [-0.39, 0.29) is 18.2 Å². The molecule has 0 bridgehead atoms. The van der Waals surface area contributed by atoms with Crippen LogP contribution in [0, 0.1) is 0 Å². The van der Waals surface area contributed by atoms with Gasteiger partial charge in [-0.2, -0.15) is 0 Å². The number of nitrogens with one attached hydrogen (secondary N) is 2. The van der Waals surface area contributed by atoms with E-state index in [1.165, 1.54) is 13.2 Å². The molecular formula is C17H19N3O5. The van der Waals surface area contributed by atoms with Gasteiger partial charge < -0.3 is 19.7 Å². The summed E-state index contributed by atoms with van der Waals surface area (Å²) >= 11 is 0. The lowest BCUT2D eigenvalue weighted by Gasteiger charge is -2.16. The number of rotatable bonds is 5. The lowest BCUT2D eigenvalue weighted by Crippen LogP contribution is -2.32. The minimum absolute atomic E-state index is 0.0453. The first kappa shape index (κ1) is 16.8. The van der Waals surface area contributed by atoms with Crippen molar-refractivity contribution in [2.75, 3.05) is 26.8 Å². The predicted molar refractivity (Wildman–Crippen MR) is 89.0 cm³/mol. The van der Waals surface area contributed by atoms with E-state index in [2.05, 4.69) is 10.6 Å². The highest BCUT2D eigenvalue weighted by molar-refractivity contribution is 6.14. The Kier molecular flexibility index (Phi) is 4.87. The van der Waals surface area contributed by atoms with E-state index in [4.69, 9.17) is 9.47 Å². The van der Waals surface area contributed by atoms with Gasteiger partial charge in [-0.1, -0.05) is 6.07 Å². The average molecular weight is 345 g/mol. The van der Waals surface area contributed by atoms with E-state index in [9.17, 15) is 14.4 Å². The quantitative estimate of drug-likeness (QED) is 0.610. The molecule has 0 saturated carbocycles. The maximum atomic E-state index is 12.0. The van der Waals surface area contributed by atoms with Crippen molar-refractivity contribution < 1.29 is 23.9 Å². The number of amides is 4. The summed E-state index contributed by atoms with van der Waals surface area (Å²) in [6.45, 7) is 1.51. The molecule has 2 saturated heterocycles. The highest BCUT2D eigenvalue weighted by Gasteiger charge is 2.23. The lowest BCUT2D eigenvalue weighted by molar-refractivity contribution is -0.132. The summed E-state index contributed by atoms with van der Waals surface area (Å²) in [5.74, 6) is 0.349. The van der Waals surface area contributed by atoms with Gasteiger partial charge in [-0.05, 0) is 36.6 Å². The first-order valence-electron chi connectivity index (χ1n) is 7.99. The summed E-state index contributed by atoms with van der Waals surface area (Å²) in [7, 11) is 1.49. The molecule has 8 heteroatoms. The molecule has 1 aromatic rings. The van der Waals surface area contributed by atoms with Crippen LogP contribution in [0.4, 0.5) is 4.79 Å². The molecule has 3 rings (SSSR count). The number of likely N-dealkylation sites (tertiary alicyclic amines) is 1. The SMILES string of the molecule is COc1cc(C=C2NC(=O)NC2=O)ccc1OCC(=O)N1CCCC1. The lowest BCUT2D eigenvalue weighted by atomic mass is 10.1. The topological polar surface area (TPSA) is 97.0 Å². The Labute approximate surface area is 144 Å². The number of ether oxygens (including phenoxy) is 2. The number of urea groups is 1. The molecule has 8 nitrogen and oxygen atoms in total. The Balaban J connectivity index is 1.69. The van der Waals surface area contributed by atoms with E-state index in [1.807, 2.05) is 0 Å². The largest absolute Gasteiger partial charge is 0.493 e. The van der Waals surface area contributed by atoms with Crippen molar-refractivity contribution >= 4 is 23.9 Å². The third-order valence-electron chi connectivity index (χ3n) is 4.03. The van der Waals surface area contributed by atoms with Gasteiger partial charge in [0.05, 0.1) is 7.11 Å². The van der Waals surface area contributed by atoms with Crippen molar-refractivity contribution in [1.82, 2.24) is 15.5 Å². The number of nitrogens with zero attached hydrogens (tertiary/aromatic N) is 1. The van der Waals surface area contributed by atoms with E-state index in [0.29, 0.717) is 17.1 Å². The highest BCUT2D eigenvalue weighted by atomic mass is 16.5. The molecule has 2 aliphatic heterocycles. The number of methoxy groups -OCH3 is 1. The smallest absolute Gasteiger partial charge is 0.326 e. The van der Waals surface area contributed by atoms with Gasteiger partial charge in [-0.3, -0.25) is 14.9 Å². The monoisotopic (exact) mass is 345 g/mol. The number of benzene rings is 1. The van der Waals surface area contributed by atoms with E-state index < -0.39 is 11.9 Å². The predicted octanol–water partition coefficient (Wildman–Crippen LogP) is 0.877. The number of hydrogen-bond acceptors (Lipinski definition) is 5. The third-order valence-corrected chi connectivity index (χ3v) is 4.03. The average Bonchev–Trinajstić information content (AvgIpc) is 3.23. The van der Waals surface area contributed by atoms with Crippen LogP contribution in [-0.2, 0) is 9.59 Å². The summed E-state index contributed by atoms with van der Waals surface area (Å²) in [5.41, 5.74) is 0.812. The molecule has 0 unspecified atom stereocenters. The first-order valence-corrected chi connectivity index (χ1v) is 7.99. The Bertz CT molecular complexity index is 738. The Morgan fingerprint density at radius 3 is 2.60 bits per heavy atom. The van der Waals surface area contributed by atoms with Crippen LogP contribution in [0.15, 0.2) is 23.9 Å². The van der Waals surface area contributed by atoms with Crippen LogP contribution in [0.2, 0.25) is 0 Å².